The predicted octanol–water partition coefficient (Wildman–Crippen LogP) is 3.75. The molecular formula is C18H20N2O. The van der Waals surface area contributed by atoms with Crippen molar-refractivity contribution >= 4 is 10.8 Å². The van der Waals surface area contributed by atoms with Gasteiger partial charge in [0.25, 0.3) is 0 Å². The summed E-state index contributed by atoms with van der Waals surface area (Å²) in [5.41, 5.74) is 6.91. The molecule has 3 rings (SSSR count). The summed E-state index contributed by atoms with van der Waals surface area (Å²) in [5.74, 6) is 0.819. The van der Waals surface area contributed by atoms with Gasteiger partial charge in [-0.25, -0.2) is 0 Å². The number of hydrogen-bond donors (Lipinski definition) is 1. The van der Waals surface area contributed by atoms with E-state index in [0.29, 0.717) is 12.2 Å². The smallest absolute Gasteiger partial charge is 0.127 e. The van der Waals surface area contributed by atoms with Gasteiger partial charge >= 0.3 is 0 Å². The van der Waals surface area contributed by atoms with Crippen molar-refractivity contribution in [3.8, 4) is 11.8 Å². The standard InChI is InChI=1S/C18H20N2O/c19-12-14-8-9-17(16-7-3-2-6-15(14)16)21-13-18(20)10-4-1-5-11-18/h2-3,6-9H,1,4-5,10-11,13,20H2. The number of ether oxygens (including phenoxy) is 1. The Balaban J connectivity index is 1.86. The Hall–Kier alpha value is -2.05. The molecule has 108 valence electrons. The summed E-state index contributed by atoms with van der Waals surface area (Å²) >= 11 is 0. The second-order valence-electron chi connectivity index (χ2n) is 5.98. The van der Waals surface area contributed by atoms with Crippen molar-refractivity contribution < 1.29 is 4.74 Å². The Labute approximate surface area is 125 Å². The van der Waals surface area contributed by atoms with E-state index in [1.54, 1.807) is 0 Å². The molecule has 2 aromatic rings. The lowest BCUT2D eigenvalue weighted by molar-refractivity contribution is 0.175. The number of nitrogens with two attached hydrogens (primary N) is 1. The Morgan fingerprint density at radius 3 is 2.48 bits per heavy atom. The molecule has 1 aliphatic carbocycles. The average Bonchev–Trinajstić information content (AvgIpc) is 2.53. The van der Waals surface area contributed by atoms with Crippen LogP contribution in [0.2, 0.25) is 0 Å². The molecule has 1 aliphatic rings. The molecule has 0 saturated heterocycles. The van der Waals surface area contributed by atoms with Gasteiger partial charge in [-0.15, -0.1) is 0 Å². The molecule has 0 unspecified atom stereocenters. The molecule has 0 spiro atoms. The Bertz CT molecular complexity index is 681. The maximum Gasteiger partial charge on any atom is 0.127 e. The van der Waals surface area contributed by atoms with Gasteiger partial charge in [-0.1, -0.05) is 43.5 Å². The van der Waals surface area contributed by atoms with Crippen molar-refractivity contribution in [2.45, 2.75) is 37.6 Å². The molecule has 2 aromatic carbocycles. The van der Waals surface area contributed by atoms with Crippen LogP contribution in [0.25, 0.3) is 10.8 Å². The average molecular weight is 280 g/mol. The molecule has 1 saturated carbocycles. The molecule has 3 heteroatoms. The summed E-state index contributed by atoms with van der Waals surface area (Å²) < 4.78 is 6.03. The Morgan fingerprint density at radius 1 is 1.05 bits per heavy atom. The van der Waals surface area contributed by atoms with Crippen molar-refractivity contribution in [1.82, 2.24) is 0 Å². The third-order valence-corrected chi connectivity index (χ3v) is 4.37. The first-order chi connectivity index (χ1) is 10.2. The zero-order valence-corrected chi connectivity index (χ0v) is 12.1. The first-order valence-corrected chi connectivity index (χ1v) is 7.55. The first kappa shape index (κ1) is 13.9. The van der Waals surface area contributed by atoms with Crippen molar-refractivity contribution in [2.24, 2.45) is 5.73 Å². The van der Waals surface area contributed by atoms with Gasteiger partial charge in [0.2, 0.25) is 0 Å². The fourth-order valence-electron chi connectivity index (χ4n) is 3.12. The number of hydrogen-bond acceptors (Lipinski definition) is 3. The highest BCUT2D eigenvalue weighted by Gasteiger charge is 2.28. The summed E-state index contributed by atoms with van der Waals surface area (Å²) in [6, 6.07) is 13.8. The van der Waals surface area contributed by atoms with Crippen LogP contribution in [0.5, 0.6) is 5.75 Å². The van der Waals surface area contributed by atoms with E-state index in [1.165, 1.54) is 19.3 Å². The van der Waals surface area contributed by atoms with Crippen molar-refractivity contribution in [1.29, 1.82) is 5.26 Å². The normalized spacial score (nSPS) is 17.3. The summed E-state index contributed by atoms with van der Waals surface area (Å²) in [7, 11) is 0. The minimum absolute atomic E-state index is 0.201. The van der Waals surface area contributed by atoms with Crippen LogP contribution in [0, 0.1) is 11.3 Å². The van der Waals surface area contributed by atoms with E-state index in [4.69, 9.17) is 10.5 Å². The molecule has 0 aliphatic heterocycles. The molecule has 1 fully saturated rings. The number of rotatable bonds is 3. The van der Waals surface area contributed by atoms with E-state index in [-0.39, 0.29) is 5.54 Å². The molecule has 3 nitrogen and oxygen atoms in total. The lowest BCUT2D eigenvalue weighted by atomic mass is 9.83. The van der Waals surface area contributed by atoms with Crippen LogP contribution in [0.3, 0.4) is 0 Å². The van der Waals surface area contributed by atoms with Crippen molar-refractivity contribution in [2.75, 3.05) is 6.61 Å². The second kappa shape index (κ2) is 5.75. The number of benzene rings is 2. The first-order valence-electron chi connectivity index (χ1n) is 7.55. The van der Waals surface area contributed by atoms with Gasteiger partial charge in [0.1, 0.15) is 12.4 Å². The van der Waals surface area contributed by atoms with Gasteiger partial charge in [-0.2, -0.15) is 5.26 Å². The predicted molar refractivity (Wildman–Crippen MR) is 84.2 cm³/mol. The molecule has 0 radical (unpaired) electrons. The Morgan fingerprint density at radius 2 is 1.76 bits per heavy atom. The third kappa shape index (κ3) is 2.86. The van der Waals surface area contributed by atoms with Gasteiger partial charge in [0.15, 0.2) is 0 Å². The summed E-state index contributed by atoms with van der Waals surface area (Å²) in [5, 5.41) is 11.1. The molecule has 2 N–H and O–H groups in total. The fourth-order valence-corrected chi connectivity index (χ4v) is 3.12. The largest absolute Gasteiger partial charge is 0.491 e. The van der Waals surface area contributed by atoms with E-state index in [0.717, 1.165) is 29.4 Å². The summed E-state index contributed by atoms with van der Waals surface area (Å²) in [6.45, 7) is 0.545. The monoisotopic (exact) mass is 280 g/mol. The molecule has 0 atom stereocenters. The van der Waals surface area contributed by atoms with Gasteiger partial charge < -0.3 is 10.5 Å². The fraction of sp³-hybridized carbons (Fsp3) is 0.389. The lowest BCUT2D eigenvalue weighted by Crippen LogP contribution is -2.47. The minimum Gasteiger partial charge on any atom is -0.491 e. The Kier molecular flexibility index (Phi) is 3.81. The van der Waals surface area contributed by atoms with E-state index in [9.17, 15) is 5.26 Å². The maximum absolute atomic E-state index is 9.19. The van der Waals surface area contributed by atoms with Crippen LogP contribution in [-0.4, -0.2) is 12.1 Å². The number of nitriles is 1. The molecule has 0 aromatic heterocycles. The molecule has 0 amide bonds. The van der Waals surface area contributed by atoms with Crippen molar-refractivity contribution in [3.05, 3.63) is 42.0 Å². The van der Waals surface area contributed by atoms with Crippen LogP contribution in [0.15, 0.2) is 36.4 Å². The van der Waals surface area contributed by atoms with Gasteiger partial charge in [-0.3, -0.25) is 0 Å². The lowest BCUT2D eigenvalue weighted by Gasteiger charge is -2.33. The highest BCUT2D eigenvalue weighted by atomic mass is 16.5. The number of nitrogens with zero attached hydrogens (tertiary/aromatic N) is 1. The molecular weight excluding hydrogens is 260 g/mol. The van der Waals surface area contributed by atoms with Crippen LogP contribution >= 0.6 is 0 Å². The topological polar surface area (TPSA) is 59.0 Å². The van der Waals surface area contributed by atoms with Gasteiger partial charge in [0, 0.05) is 10.8 Å². The van der Waals surface area contributed by atoms with E-state index in [1.807, 2.05) is 36.4 Å². The molecule has 21 heavy (non-hydrogen) atoms. The quantitative estimate of drug-likeness (QED) is 0.931. The van der Waals surface area contributed by atoms with Crippen LogP contribution in [0.4, 0.5) is 0 Å². The zero-order chi connectivity index (χ0) is 14.7. The second-order valence-corrected chi connectivity index (χ2v) is 5.98. The van der Waals surface area contributed by atoms with E-state index in [2.05, 4.69) is 6.07 Å². The van der Waals surface area contributed by atoms with Gasteiger partial charge in [-0.05, 0) is 25.0 Å². The van der Waals surface area contributed by atoms with E-state index >= 15 is 0 Å². The highest BCUT2D eigenvalue weighted by molar-refractivity contribution is 5.92. The third-order valence-electron chi connectivity index (χ3n) is 4.37. The van der Waals surface area contributed by atoms with E-state index < -0.39 is 0 Å². The molecule has 0 heterocycles. The number of fused-ring (bicyclic) bond motifs is 1. The zero-order valence-electron chi connectivity index (χ0n) is 12.1. The van der Waals surface area contributed by atoms with Gasteiger partial charge in [0.05, 0.1) is 17.2 Å². The SMILES string of the molecule is N#Cc1ccc(OCC2(N)CCCCC2)c2ccccc12. The van der Waals surface area contributed by atoms with Crippen molar-refractivity contribution in [3.63, 3.8) is 0 Å². The molecule has 0 bridgehead atoms. The van der Waals surface area contributed by atoms with Crippen LogP contribution in [-0.2, 0) is 0 Å². The van der Waals surface area contributed by atoms with Crippen LogP contribution < -0.4 is 10.5 Å². The highest BCUT2D eigenvalue weighted by Crippen LogP contribution is 2.31. The van der Waals surface area contributed by atoms with Crippen LogP contribution in [0.1, 0.15) is 37.7 Å². The minimum atomic E-state index is -0.201. The summed E-state index contributed by atoms with van der Waals surface area (Å²) in [6.07, 6.45) is 5.71. The summed E-state index contributed by atoms with van der Waals surface area (Å²) in [4.78, 5) is 0. The maximum atomic E-state index is 9.19.